The third kappa shape index (κ3) is 1.25. The number of hydrogen-bond acceptors (Lipinski definition) is 2. The van der Waals surface area contributed by atoms with E-state index in [-0.39, 0.29) is 0 Å². The zero-order valence-electron chi connectivity index (χ0n) is 6.80. The predicted octanol–water partition coefficient (Wildman–Crippen LogP) is 1.29. The molecular weight excluding hydrogens is 124 g/mol. The average Bonchev–Trinajstić information content (AvgIpc) is 1.82. The predicted molar refractivity (Wildman–Crippen MR) is 43.3 cm³/mol. The van der Waals surface area contributed by atoms with Crippen LogP contribution in [0.15, 0.2) is 11.9 Å². The van der Waals surface area contributed by atoms with E-state index in [1.54, 1.807) is 6.20 Å². The first kappa shape index (κ1) is 7.45. The summed E-state index contributed by atoms with van der Waals surface area (Å²) in [7, 11) is 2.11. The topological polar surface area (TPSA) is 29.3 Å². The summed E-state index contributed by atoms with van der Waals surface area (Å²) in [5.74, 6) is 0. The van der Waals surface area contributed by atoms with E-state index in [1.807, 2.05) is 0 Å². The molecule has 0 unspecified atom stereocenters. The summed E-state index contributed by atoms with van der Waals surface area (Å²) in [6, 6.07) is 0.764. The third-order valence-corrected chi connectivity index (χ3v) is 2.42. The van der Waals surface area contributed by atoms with Gasteiger partial charge in [-0.05, 0) is 26.2 Å². The number of allylic oxidation sites excluding steroid dienone is 1. The minimum absolute atomic E-state index is 0.764. The van der Waals surface area contributed by atoms with Gasteiger partial charge in [0.2, 0.25) is 0 Å². The van der Waals surface area contributed by atoms with E-state index in [2.05, 4.69) is 18.9 Å². The summed E-state index contributed by atoms with van der Waals surface area (Å²) in [5, 5.41) is 0. The highest BCUT2D eigenvalue weighted by molar-refractivity contribution is 4.97. The monoisotopic (exact) mass is 140 g/mol. The van der Waals surface area contributed by atoms with Crippen LogP contribution < -0.4 is 5.73 Å². The van der Waals surface area contributed by atoms with E-state index < -0.39 is 0 Å². The largest absolute Gasteiger partial charge is 0.403 e. The molecule has 1 fully saturated rings. The number of nitrogens with two attached hydrogens (primary N) is 1. The molecule has 1 aliphatic rings. The van der Waals surface area contributed by atoms with Gasteiger partial charge in [0.1, 0.15) is 0 Å². The van der Waals surface area contributed by atoms with Gasteiger partial charge in [0, 0.05) is 25.0 Å². The molecule has 0 aromatic carbocycles. The fourth-order valence-electron chi connectivity index (χ4n) is 1.18. The Morgan fingerprint density at radius 3 is 2.50 bits per heavy atom. The van der Waals surface area contributed by atoms with Crippen LogP contribution in [-0.2, 0) is 0 Å². The van der Waals surface area contributed by atoms with E-state index in [1.165, 1.54) is 25.0 Å². The van der Waals surface area contributed by atoms with Crippen LogP contribution in [0.1, 0.15) is 26.2 Å². The highest BCUT2D eigenvalue weighted by Crippen LogP contribution is 2.25. The van der Waals surface area contributed by atoms with Crippen molar-refractivity contribution in [3.63, 3.8) is 0 Å². The van der Waals surface area contributed by atoms with Gasteiger partial charge in [-0.15, -0.1) is 0 Å². The summed E-state index contributed by atoms with van der Waals surface area (Å²) in [6.07, 6.45) is 5.73. The molecule has 2 heteroatoms. The van der Waals surface area contributed by atoms with Crippen LogP contribution in [0.25, 0.3) is 0 Å². The van der Waals surface area contributed by atoms with Gasteiger partial charge in [-0.25, -0.2) is 0 Å². The van der Waals surface area contributed by atoms with Crippen LogP contribution in [0.2, 0.25) is 0 Å². The molecule has 1 saturated carbocycles. The molecule has 2 N–H and O–H groups in total. The molecule has 0 aliphatic heterocycles. The first-order chi connectivity index (χ1) is 4.75. The minimum atomic E-state index is 0.764. The van der Waals surface area contributed by atoms with Crippen LogP contribution in [0.4, 0.5) is 0 Å². The Hall–Kier alpha value is -0.660. The molecule has 0 atom stereocenters. The van der Waals surface area contributed by atoms with Crippen molar-refractivity contribution in [2.24, 2.45) is 5.73 Å². The van der Waals surface area contributed by atoms with Crippen LogP contribution in [-0.4, -0.2) is 18.0 Å². The average molecular weight is 140 g/mol. The Morgan fingerprint density at radius 2 is 2.20 bits per heavy atom. The molecule has 0 amide bonds. The first-order valence-electron chi connectivity index (χ1n) is 3.87. The number of hydrogen-bond donors (Lipinski definition) is 1. The summed E-state index contributed by atoms with van der Waals surface area (Å²) < 4.78 is 0. The van der Waals surface area contributed by atoms with Gasteiger partial charge in [-0.2, -0.15) is 0 Å². The highest BCUT2D eigenvalue weighted by Gasteiger charge is 2.21. The van der Waals surface area contributed by atoms with Gasteiger partial charge < -0.3 is 10.6 Å². The van der Waals surface area contributed by atoms with E-state index >= 15 is 0 Å². The Labute approximate surface area is 62.7 Å². The molecular formula is C8H16N2. The Bertz CT molecular complexity index is 136. The molecule has 0 aromatic rings. The fourth-order valence-corrected chi connectivity index (χ4v) is 1.18. The lowest BCUT2D eigenvalue weighted by Gasteiger charge is -2.36. The zero-order chi connectivity index (χ0) is 7.56. The molecule has 10 heavy (non-hydrogen) atoms. The van der Waals surface area contributed by atoms with Crippen LogP contribution in [0.5, 0.6) is 0 Å². The maximum atomic E-state index is 5.39. The molecule has 0 spiro atoms. The molecule has 0 aromatic heterocycles. The number of nitrogens with zero attached hydrogens (tertiary/aromatic N) is 1. The molecule has 0 saturated heterocycles. The maximum absolute atomic E-state index is 5.39. The van der Waals surface area contributed by atoms with Crippen LogP contribution in [0, 0.1) is 0 Å². The SMILES string of the molecule is C/C(=C\N)N(C)C1CCC1. The minimum Gasteiger partial charge on any atom is -0.403 e. The Kier molecular flexibility index (Phi) is 2.20. The van der Waals surface area contributed by atoms with Crippen molar-refractivity contribution in [1.29, 1.82) is 0 Å². The first-order valence-corrected chi connectivity index (χ1v) is 3.87. The standard InChI is InChI=1S/C8H16N2/c1-7(6-9)10(2)8-4-3-5-8/h6,8H,3-5,9H2,1-2H3/b7-6+. The lowest BCUT2D eigenvalue weighted by atomic mass is 9.92. The molecule has 0 radical (unpaired) electrons. The lowest BCUT2D eigenvalue weighted by Crippen LogP contribution is -2.35. The van der Waals surface area contributed by atoms with Crippen molar-refractivity contribution >= 4 is 0 Å². The van der Waals surface area contributed by atoms with Crippen molar-refractivity contribution < 1.29 is 0 Å². The van der Waals surface area contributed by atoms with Gasteiger partial charge in [-0.3, -0.25) is 0 Å². The van der Waals surface area contributed by atoms with Crippen molar-refractivity contribution in [2.45, 2.75) is 32.2 Å². The molecule has 2 nitrogen and oxygen atoms in total. The second kappa shape index (κ2) is 2.95. The molecule has 1 aliphatic carbocycles. The van der Waals surface area contributed by atoms with Crippen molar-refractivity contribution in [1.82, 2.24) is 4.90 Å². The molecule has 1 rings (SSSR count). The van der Waals surface area contributed by atoms with Crippen molar-refractivity contribution in [3.8, 4) is 0 Å². The van der Waals surface area contributed by atoms with Crippen molar-refractivity contribution in [2.75, 3.05) is 7.05 Å². The van der Waals surface area contributed by atoms with Crippen LogP contribution in [0.3, 0.4) is 0 Å². The van der Waals surface area contributed by atoms with Gasteiger partial charge in [-0.1, -0.05) is 0 Å². The highest BCUT2D eigenvalue weighted by atomic mass is 15.1. The summed E-state index contributed by atoms with van der Waals surface area (Å²) in [6.45, 7) is 2.05. The zero-order valence-corrected chi connectivity index (χ0v) is 6.80. The van der Waals surface area contributed by atoms with Crippen molar-refractivity contribution in [3.05, 3.63) is 11.9 Å². The normalized spacial score (nSPS) is 20.4. The summed E-state index contributed by atoms with van der Waals surface area (Å²) >= 11 is 0. The summed E-state index contributed by atoms with van der Waals surface area (Å²) in [4.78, 5) is 2.27. The molecule has 58 valence electrons. The molecule has 0 heterocycles. The Morgan fingerprint density at radius 1 is 1.60 bits per heavy atom. The third-order valence-electron chi connectivity index (χ3n) is 2.42. The summed E-state index contributed by atoms with van der Waals surface area (Å²) in [5.41, 5.74) is 6.57. The second-order valence-electron chi connectivity index (χ2n) is 3.00. The quantitative estimate of drug-likeness (QED) is 0.626. The van der Waals surface area contributed by atoms with E-state index in [4.69, 9.17) is 5.73 Å². The van der Waals surface area contributed by atoms with Crippen LogP contribution >= 0.6 is 0 Å². The van der Waals surface area contributed by atoms with Gasteiger partial charge >= 0.3 is 0 Å². The van der Waals surface area contributed by atoms with Gasteiger partial charge in [0.25, 0.3) is 0 Å². The van der Waals surface area contributed by atoms with E-state index in [0.29, 0.717) is 0 Å². The van der Waals surface area contributed by atoms with E-state index in [9.17, 15) is 0 Å². The lowest BCUT2D eigenvalue weighted by molar-refractivity contribution is 0.200. The fraction of sp³-hybridized carbons (Fsp3) is 0.750. The second-order valence-corrected chi connectivity index (χ2v) is 3.00. The molecule has 0 bridgehead atoms. The Balaban J connectivity index is 2.39. The van der Waals surface area contributed by atoms with Gasteiger partial charge in [0.15, 0.2) is 0 Å². The number of rotatable bonds is 2. The smallest absolute Gasteiger partial charge is 0.0284 e. The maximum Gasteiger partial charge on any atom is 0.0284 e. The van der Waals surface area contributed by atoms with Gasteiger partial charge in [0.05, 0.1) is 0 Å². The van der Waals surface area contributed by atoms with E-state index in [0.717, 1.165) is 6.04 Å².